The second-order valence-electron chi connectivity index (χ2n) is 5.00. The number of hydrogen-bond donors (Lipinski definition) is 1. The van der Waals surface area contributed by atoms with Gasteiger partial charge >= 0.3 is 0 Å². The number of hydrogen-bond acceptors (Lipinski definition) is 1. The summed E-state index contributed by atoms with van der Waals surface area (Å²) in [4.78, 5) is 0. The third-order valence-electron chi connectivity index (χ3n) is 2.95. The van der Waals surface area contributed by atoms with E-state index in [1.165, 1.54) is 28.4 Å². The van der Waals surface area contributed by atoms with Gasteiger partial charge in [-0.1, -0.05) is 39.0 Å². The third-order valence-corrected chi connectivity index (χ3v) is 3.94. The molecule has 1 unspecified atom stereocenters. The largest absolute Gasteiger partial charge is 0.310 e. The Morgan fingerprint density at radius 3 is 2.47 bits per heavy atom. The molecule has 1 nitrogen and oxygen atoms in total. The van der Waals surface area contributed by atoms with Gasteiger partial charge in [-0.3, -0.25) is 0 Å². The second kappa shape index (κ2) is 8.09. The van der Waals surface area contributed by atoms with Crippen LogP contribution < -0.4 is 5.32 Å². The van der Waals surface area contributed by atoms with Crippen LogP contribution >= 0.6 is 22.6 Å². The van der Waals surface area contributed by atoms with Gasteiger partial charge in [0.1, 0.15) is 0 Å². The van der Waals surface area contributed by atoms with Crippen molar-refractivity contribution in [2.45, 2.75) is 46.1 Å². The highest BCUT2D eigenvalue weighted by atomic mass is 127. The summed E-state index contributed by atoms with van der Waals surface area (Å²) < 4.78 is 1.38. The molecule has 17 heavy (non-hydrogen) atoms. The van der Waals surface area contributed by atoms with Crippen molar-refractivity contribution in [2.75, 3.05) is 6.54 Å². The van der Waals surface area contributed by atoms with E-state index < -0.39 is 0 Å². The number of rotatable bonds is 7. The molecule has 0 saturated heterocycles. The van der Waals surface area contributed by atoms with Gasteiger partial charge in [0, 0.05) is 9.61 Å². The minimum Gasteiger partial charge on any atom is -0.310 e. The lowest BCUT2D eigenvalue weighted by Crippen LogP contribution is -2.23. The van der Waals surface area contributed by atoms with E-state index in [0.29, 0.717) is 6.04 Å². The first-order valence-electron chi connectivity index (χ1n) is 6.63. The molecule has 0 aromatic heterocycles. The first-order valence-corrected chi connectivity index (χ1v) is 7.70. The van der Waals surface area contributed by atoms with Crippen LogP contribution in [-0.2, 0) is 0 Å². The molecule has 1 N–H and O–H groups in total. The molecule has 0 saturated carbocycles. The summed E-state index contributed by atoms with van der Waals surface area (Å²) in [6, 6.07) is 9.24. The fraction of sp³-hybridized carbons (Fsp3) is 0.600. The zero-order valence-electron chi connectivity index (χ0n) is 11.2. The smallest absolute Gasteiger partial charge is 0.0330 e. The molecule has 1 aromatic carbocycles. The Morgan fingerprint density at radius 2 is 1.88 bits per heavy atom. The maximum absolute atomic E-state index is 3.68. The molecule has 0 spiro atoms. The second-order valence-corrected chi connectivity index (χ2v) is 6.16. The van der Waals surface area contributed by atoms with Crippen LogP contribution in [-0.4, -0.2) is 6.54 Å². The van der Waals surface area contributed by atoms with E-state index in [1.54, 1.807) is 0 Å². The number of nitrogens with one attached hydrogen (secondary N) is 1. The van der Waals surface area contributed by atoms with E-state index >= 15 is 0 Å². The Bertz CT molecular complexity index is 322. The lowest BCUT2D eigenvalue weighted by molar-refractivity contribution is 0.439. The van der Waals surface area contributed by atoms with E-state index in [-0.39, 0.29) is 0 Å². The molecular weight excluding hydrogens is 321 g/mol. The monoisotopic (exact) mass is 345 g/mol. The summed E-state index contributed by atoms with van der Waals surface area (Å²) in [7, 11) is 0. The summed E-state index contributed by atoms with van der Waals surface area (Å²) in [6.45, 7) is 7.93. The molecule has 0 aliphatic carbocycles. The van der Waals surface area contributed by atoms with Crippen LogP contribution in [0.1, 0.15) is 51.6 Å². The SMILES string of the molecule is CCCNC(CCC(C)C)c1ccccc1I. The fourth-order valence-electron chi connectivity index (χ4n) is 1.94. The summed E-state index contributed by atoms with van der Waals surface area (Å²) in [5, 5.41) is 3.68. The molecule has 0 bridgehead atoms. The molecule has 0 amide bonds. The van der Waals surface area contributed by atoms with E-state index in [0.717, 1.165) is 12.5 Å². The van der Waals surface area contributed by atoms with Gasteiger partial charge in [0.15, 0.2) is 0 Å². The Kier molecular flexibility index (Phi) is 7.12. The predicted molar refractivity (Wildman–Crippen MR) is 84.3 cm³/mol. The van der Waals surface area contributed by atoms with Crippen molar-refractivity contribution in [3.8, 4) is 0 Å². The average molecular weight is 345 g/mol. The summed E-state index contributed by atoms with van der Waals surface area (Å²) in [6.07, 6.45) is 3.71. The lowest BCUT2D eigenvalue weighted by atomic mass is 9.97. The normalized spacial score (nSPS) is 13.0. The number of benzene rings is 1. The standard InChI is InChI=1S/C15H24IN/c1-4-11-17-15(10-9-12(2)3)13-7-5-6-8-14(13)16/h5-8,12,15,17H,4,9-11H2,1-3H3. The van der Waals surface area contributed by atoms with Crippen LogP contribution in [0.15, 0.2) is 24.3 Å². The topological polar surface area (TPSA) is 12.0 Å². The van der Waals surface area contributed by atoms with Gasteiger partial charge in [0.2, 0.25) is 0 Å². The van der Waals surface area contributed by atoms with Gasteiger partial charge in [0.05, 0.1) is 0 Å². The van der Waals surface area contributed by atoms with Gasteiger partial charge in [-0.25, -0.2) is 0 Å². The molecule has 0 radical (unpaired) electrons. The van der Waals surface area contributed by atoms with Crippen molar-refractivity contribution >= 4 is 22.6 Å². The maximum Gasteiger partial charge on any atom is 0.0330 e. The Morgan fingerprint density at radius 1 is 1.18 bits per heavy atom. The molecule has 0 aliphatic heterocycles. The summed E-state index contributed by atoms with van der Waals surface area (Å²) >= 11 is 2.44. The van der Waals surface area contributed by atoms with Crippen molar-refractivity contribution in [1.82, 2.24) is 5.32 Å². The molecular formula is C15H24IN. The highest BCUT2D eigenvalue weighted by molar-refractivity contribution is 14.1. The van der Waals surface area contributed by atoms with Gasteiger partial charge in [-0.05, 0) is 65.9 Å². The van der Waals surface area contributed by atoms with Gasteiger partial charge in [-0.15, -0.1) is 0 Å². The van der Waals surface area contributed by atoms with E-state index in [2.05, 4.69) is 72.9 Å². The van der Waals surface area contributed by atoms with Crippen molar-refractivity contribution in [3.63, 3.8) is 0 Å². The fourth-order valence-corrected chi connectivity index (χ4v) is 2.71. The van der Waals surface area contributed by atoms with E-state index in [1.807, 2.05) is 0 Å². The Labute approximate surface area is 120 Å². The van der Waals surface area contributed by atoms with Crippen LogP contribution in [0.25, 0.3) is 0 Å². The van der Waals surface area contributed by atoms with Crippen LogP contribution in [0.5, 0.6) is 0 Å². The van der Waals surface area contributed by atoms with Crippen LogP contribution in [0.3, 0.4) is 0 Å². The van der Waals surface area contributed by atoms with Crippen molar-refractivity contribution in [3.05, 3.63) is 33.4 Å². The van der Waals surface area contributed by atoms with Crippen molar-refractivity contribution in [2.24, 2.45) is 5.92 Å². The molecule has 0 fully saturated rings. The maximum atomic E-state index is 3.68. The zero-order valence-corrected chi connectivity index (χ0v) is 13.3. The third kappa shape index (κ3) is 5.38. The van der Waals surface area contributed by atoms with Crippen molar-refractivity contribution in [1.29, 1.82) is 0 Å². The van der Waals surface area contributed by atoms with Crippen molar-refractivity contribution < 1.29 is 0 Å². The first kappa shape index (κ1) is 15.0. The number of halogens is 1. The summed E-state index contributed by atoms with van der Waals surface area (Å²) in [5.41, 5.74) is 1.46. The van der Waals surface area contributed by atoms with Crippen LogP contribution in [0.2, 0.25) is 0 Å². The molecule has 0 aliphatic rings. The quantitative estimate of drug-likeness (QED) is 0.702. The van der Waals surface area contributed by atoms with E-state index in [4.69, 9.17) is 0 Å². The lowest BCUT2D eigenvalue weighted by Gasteiger charge is -2.21. The minimum atomic E-state index is 0.519. The van der Waals surface area contributed by atoms with E-state index in [9.17, 15) is 0 Å². The average Bonchev–Trinajstić information content (AvgIpc) is 2.30. The molecule has 96 valence electrons. The highest BCUT2D eigenvalue weighted by Crippen LogP contribution is 2.25. The zero-order chi connectivity index (χ0) is 12.7. The first-order chi connectivity index (χ1) is 8.15. The summed E-state index contributed by atoms with van der Waals surface area (Å²) in [5.74, 6) is 0.780. The van der Waals surface area contributed by atoms with Gasteiger partial charge in [-0.2, -0.15) is 0 Å². The predicted octanol–water partition coefficient (Wildman–Crippen LogP) is 4.77. The Balaban J connectivity index is 2.71. The van der Waals surface area contributed by atoms with Gasteiger partial charge in [0.25, 0.3) is 0 Å². The molecule has 2 heteroatoms. The molecule has 1 rings (SSSR count). The van der Waals surface area contributed by atoms with Crippen LogP contribution in [0.4, 0.5) is 0 Å². The van der Waals surface area contributed by atoms with Gasteiger partial charge < -0.3 is 5.32 Å². The van der Waals surface area contributed by atoms with Crippen LogP contribution in [0, 0.1) is 9.49 Å². The molecule has 1 aromatic rings. The Hall–Kier alpha value is -0.0900. The minimum absolute atomic E-state index is 0.519. The highest BCUT2D eigenvalue weighted by Gasteiger charge is 2.13. The molecule has 1 atom stereocenters. The molecule has 0 heterocycles.